The number of aliphatic hydroxyl groups is 1. The van der Waals surface area contributed by atoms with Crippen molar-refractivity contribution in [3.05, 3.63) is 0 Å². The van der Waals surface area contributed by atoms with Crippen LogP contribution in [0.25, 0.3) is 0 Å². The topological polar surface area (TPSA) is 55.8 Å². The fourth-order valence-corrected chi connectivity index (χ4v) is 8.61. The molecule has 4 aliphatic carbocycles. The molecule has 0 bridgehead atoms. The quantitative estimate of drug-likeness (QED) is 0.724. The molecule has 1 saturated heterocycles. The first-order valence-corrected chi connectivity index (χ1v) is 11.7. The maximum absolute atomic E-state index is 13.7. The summed E-state index contributed by atoms with van der Waals surface area (Å²) in [7, 11) is 0. The van der Waals surface area contributed by atoms with E-state index >= 15 is 0 Å². The van der Waals surface area contributed by atoms with Crippen LogP contribution in [0.5, 0.6) is 0 Å². The second-order valence-corrected chi connectivity index (χ2v) is 11.7. The van der Waals surface area contributed by atoms with Crippen molar-refractivity contribution in [3.8, 4) is 0 Å². The highest BCUT2D eigenvalue weighted by molar-refractivity contribution is 5.84. The van der Waals surface area contributed by atoms with Crippen LogP contribution < -0.4 is 0 Å². The number of ether oxygens (including phenoxy) is 2. The number of rotatable bonds is 1. The summed E-state index contributed by atoms with van der Waals surface area (Å²) in [5.74, 6) is 2.36. The Labute approximate surface area is 169 Å². The maximum atomic E-state index is 13.7. The molecule has 4 saturated carbocycles. The standard InChI is InChI=1S/C24H38O4/c1-22(2)27-13-20(28-22)18-8-7-17-16-6-5-14-11-15(25)9-10-23(14,3)21(16)19(26)12-24(17,18)4/h14-18,20-21,25H,5-13H2,1-4H3/t14-,15-,16+,17+,18-,20+,21-,23+,24+/m1/s1. The Morgan fingerprint density at radius 3 is 2.43 bits per heavy atom. The van der Waals surface area contributed by atoms with Gasteiger partial charge in [0, 0.05) is 12.3 Å². The second-order valence-electron chi connectivity index (χ2n) is 11.7. The van der Waals surface area contributed by atoms with Crippen LogP contribution in [0.2, 0.25) is 0 Å². The molecule has 0 aromatic heterocycles. The first kappa shape index (κ1) is 19.5. The number of Topliss-reactive ketones (excluding diaryl/α,β-unsaturated/α-hetero) is 1. The van der Waals surface area contributed by atoms with Gasteiger partial charge in [0.1, 0.15) is 5.78 Å². The molecule has 0 amide bonds. The largest absolute Gasteiger partial charge is 0.393 e. The molecule has 1 N–H and O–H groups in total. The SMILES string of the molecule is CC1(C)OC[C@@H]([C@H]2CC[C@H]3[C@@H]4CC[C@@H]5C[C@H](O)CC[C@]5(C)[C@H]4C(=O)C[C@]23C)O1. The zero-order chi connectivity index (χ0) is 19.9. The molecule has 0 radical (unpaired) electrons. The molecule has 1 aliphatic heterocycles. The molecule has 0 spiro atoms. The van der Waals surface area contributed by atoms with Gasteiger partial charge in [0.05, 0.1) is 18.8 Å². The molecule has 0 aromatic rings. The summed E-state index contributed by atoms with van der Waals surface area (Å²) >= 11 is 0. The number of aliphatic hydroxyl groups excluding tert-OH is 1. The zero-order valence-electron chi connectivity index (χ0n) is 18.1. The van der Waals surface area contributed by atoms with Crippen LogP contribution in [0.3, 0.4) is 0 Å². The van der Waals surface area contributed by atoms with Gasteiger partial charge in [-0.3, -0.25) is 4.79 Å². The van der Waals surface area contributed by atoms with Gasteiger partial charge in [-0.15, -0.1) is 0 Å². The number of carbonyl (C=O) groups is 1. The first-order valence-electron chi connectivity index (χ1n) is 11.7. The Morgan fingerprint density at radius 1 is 0.964 bits per heavy atom. The molecule has 158 valence electrons. The van der Waals surface area contributed by atoms with E-state index in [0.717, 1.165) is 19.3 Å². The second kappa shape index (κ2) is 6.28. The molecule has 5 fully saturated rings. The highest BCUT2D eigenvalue weighted by Crippen LogP contribution is 2.67. The van der Waals surface area contributed by atoms with Crippen LogP contribution >= 0.6 is 0 Å². The van der Waals surface area contributed by atoms with Crippen molar-refractivity contribution in [2.45, 2.75) is 97.1 Å². The van der Waals surface area contributed by atoms with E-state index in [1.54, 1.807) is 0 Å². The Balaban J connectivity index is 1.43. The van der Waals surface area contributed by atoms with Gasteiger partial charge in [-0.05, 0) is 93.3 Å². The minimum Gasteiger partial charge on any atom is -0.393 e. The Kier molecular flexibility index (Phi) is 4.37. The van der Waals surface area contributed by atoms with Crippen molar-refractivity contribution >= 4 is 5.78 Å². The van der Waals surface area contributed by atoms with Gasteiger partial charge in [-0.1, -0.05) is 13.8 Å². The average Bonchev–Trinajstić information content (AvgIpc) is 3.13. The molecule has 0 aromatic carbocycles. The summed E-state index contributed by atoms with van der Waals surface area (Å²) in [5.41, 5.74) is 0.164. The van der Waals surface area contributed by atoms with Crippen LogP contribution in [0, 0.1) is 40.4 Å². The highest BCUT2D eigenvalue weighted by Gasteiger charge is 2.64. The van der Waals surface area contributed by atoms with Gasteiger partial charge in [0.2, 0.25) is 0 Å². The predicted octanol–water partition coefficient (Wildman–Crippen LogP) is 4.34. The fourth-order valence-electron chi connectivity index (χ4n) is 8.61. The smallest absolute Gasteiger partial charge is 0.163 e. The molecule has 4 nitrogen and oxygen atoms in total. The van der Waals surface area contributed by atoms with Crippen molar-refractivity contribution < 1.29 is 19.4 Å². The van der Waals surface area contributed by atoms with Gasteiger partial charge in [0.15, 0.2) is 5.79 Å². The number of hydrogen-bond acceptors (Lipinski definition) is 4. The van der Waals surface area contributed by atoms with Gasteiger partial charge in [0.25, 0.3) is 0 Å². The van der Waals surface area contributed by atoms with Crippen LogP contribution in [-0.4, -0.2) is 35.5 Å². The molecule has 1 heterocycles. The van der Waals surface area contributed by atoms with E-state index in [4.69, 9.17) is 9.47 Å². The molecule has 0 unspecified atom stereocenters. The molecular weight excluding hydrogens is 352 g/mol. The van der Waals surface area contributed by atoms with E-state index in [2.05, 4.69) is 13.8 Å². The monoisotopic (exact) mass is 390 g/mol. The summed E-state index contributed by atoms with van der Waals surface area (Å²) in [6.45, 7) is 9.44. The maximum Gasteiger partial charge on any atom is 0.163 e. The lowest BCUT2D eigenvalue weighted by atomic mass is 9.44. The summed E-state index contributed by atoms with van der Waals surface area (Å²) in [6.07, 6.45) is 8.25. The predicted molar refractivity (Wildman–Crippen MR) is 107 cm³/mol. The number of ketones is 1. The van der Waals surface area contributed by atoms with Crippen LogP contribution in [-0.2, 0) is 14.3 Å². The third-order valence-corrected chi connectivity index (χ3v) is 9.87. The van der Waals surface area contributed by atoms with E-state index in [1.165, 1.54) is 25.7 Å². The first-order chi connectivity index (χ1) is 13.1. The van der Waals surface area contributed by atoms with Crippen molar-refractivity contribution in [1.29, 1.82) is 0 Å². The van der Waals surface area contributed by atoms with Crippen molar-refractivity contribution in [1.82, 2.24) is 0 Å². The summed E-state index contributed by atoms with van der Waals surface area (Å²) in [4.78, 5) is 13.7. The minimum atomic E-state index is -0.491. The summed E-state index contributed by atoms with van der Waals surface area (Å²) in [6, 6.07) is 0. The van der Waals surface area contributed by atoms with E-state index in [0.29, 0.717) is 42.5 Å². The van der Waals surface area contributed by atoms with Crippen LogP contribution in [0.1, 0.15) is 79.1 Å². The summed E-state index contributed by atoms with van der Waals surface area (Å²) in [5, 5.41) is 10.2. The van der Waals surface area contributed by atoms with Crippen LogP contribution in [0.15, 0.2) is 0 Å². The Morgan fingerprint density at radius 2 is 1.71 bits per heavy atom. The molecule has 28 heavy (non-hydrogen) atoms. The third kappa shape index (κ3) is 2.70. The minimum absolute atomic E-state index is 0.0596. The number of carbonyl (C=O) groups excluding carboxylic acids is 1. The van der Waals surface area contributed by atoms with Gasteiger partial charge in [-0.25, -0.2) is 0 Å². The lowest BCUT2D eigenvalue weighted by Crippen LogP contribution is -2.58. The zero-order valence-corrected chi connectivity index (χ0v) is 18.1. The summed E-state index contributed by atoms with van der Waals surface area (Å²) < 4.78 is 12.2. The van der Waals surface area contributed by atoms with Crippen LogP contribution in [0.4, 0.5) is 0 Å². The van der Waals surface area contributed by atoms with Gasteiger partial charge >= 0.3 is 0 Å². The van der Waals surface area contributed by atoms with Crippen molar-refractivity contribution in [3.63, 3.8) is 0 Å². The van der Waals surface area contributed by atoms with E-state index in [1.807, 2.05) is 13.8 Å². The normalized spacial score (nSPS) is 55.5. The molecule has 4 heteroatoms. The van der Waals surface area contributed by atoms with E-state index in [-0.39, 0.29) is 29.0 Å². The fraction of sp³-hybridized carbons (Fsp3) is 0.958. The number of hydrogen-bond donors (Lipinski definition) is 1. The Hall–Kier alpha value is -0.450. The third-order valence-electron chi connectivity index (χ3n) is 9.87. The lowest BCUT2D eigenvalue weighted by Gasteiger charge is -2.60. The van der Waals surface area contributed by atoms with E-state index < -0.39 is 5.79 Å². The van der Waals surface area contributed by atoms with E-state index in [9.17, 15) is 9.90 Å². The lowest BCUT2D eigenvalue weighted by molar-refractivity contribution is -0.170. The van der Waals surface area contributed by atoms with Gasteiger partial charge < -0.3 is 14.6 Å². The molecule has 5 aliphatic rings. The average molecular weight is 391 g/mol. The number of fused-ring (bicyclic) bond motifs is 5. The molecule has 5 rings (SSSR count). The van der Waals surface area contributed by atoms with Gasteiger partial charge in [-0.2, -0.15) is 0 Å². The highest BCUT2D eigenvalue weighted by atomic mass is 16.7. The van der Waals surface area contributed by atoms with Crippen molar-refractivity contribution in [2.75, 3.05) is 6.61 Å². The molecular formula is C24H38O4. The van der Waals surface area contributed by atoms with Crippen molar-refractivity contribution in [2.24, 2.45) is 40.4 Å². The molecule has 9 atom stereocenters. The Bertz CT molecular complexity index is 659.